The van der Waals surface area contributed by atoms with Crippen LogP contribution in [0.2, 0.25) is 0 Å². The Morgan fingerprint density at radius 2 is 1.96 bits per heavy atom. The number of nitrogens with two attached hydrogens (primary N) is 2. The van der Waals surface area contributed by atoms with Crippen LogP contribution < -0.4 is 23.9 Å². The van der Waals surface area contributed by atoms with Gasteiger partial charge in [0.25, 0.3) is 5.89 Å². The normalized spacial score (nSPS) is 16.2. The number of halogens is 1. The zero-order valence-corrected chi connectivity index (χ0v) is 17.5. The van der Waals surface area contributed by atoms with Crippen molar-refractivity contribution in [1.82, 2.24) is 10.1 Å². The molecule has 1 aliphatic rings. The summed E-state index contributed by atoms with van der Waals surface area (Å²) in [6.45, 7) is 3.08. The van der Waals surface area contributed by atoms with Crippen molar-refractivity contribution in [1.29, 1.82) is 0 Å². The molecule has 28 heavy (non-hydrogen) atoms. The van der Waals surface area contributed by atoms with E-state index in [2.05, 4.69) is 35.3 Å². The highest BCUT2D eigenvalue weighted by Gasteiger charge is 2.31. The number of guanidine groups is 1. The molecule has 2 aromatic rings. The number of unbranched alkanes of at least 4 members (excludes halogenated alkanes) is 5. The third-order valence-electron chi connectivity index (χ3n) is 5.32. The summed E-state index contributed by atoms with van der Waals surface area (Å²) in [4.78, 5) is 4.62. The Labute approximate surface area is 173 Å². The molecule has 0 amide bonds. The van der Waals surface area contributed by atoms with Crippen molar-refractivity contribution in [3.63, 3.8) is 0 Å². The van der Waals surface area contributed by atoms with E-state index in [4.69, 9.17) is 16.0 Å². The maximum atomic E-state index is 5.78. The van der Waals surface area contributed by atoms with Crippen LogP contribution in [0.25, 0.3) is 11.4 Å². The first-order valence-electron chi connectivity index (χ1n) is 10.3. The van der Waals surface area contributed by atoms with Gasteiger partial charge in [-0.3, -0.25) is 16.0 Å². The van der Waals surface area contributed by atoms with Gasteiger partial charge in [0, 0.05) is 5.56 Å². The van der Waals surface area contributed by atoms with Gasteiger partial charge in [-0.05, 0) is 37.3 Å². The molecule has 1 aromatic heterocycles. The molecule has 1 fully saturated rings. The standard InChI is InChI=1S/C21H31N5O.ClH/c1-2-3-4-5-6-7-10-16-11-8-12-17(15-16)19-24-20(27-25-19)18-13-9-14-26(18)21(22)23;/h8,11-12,15,18H,2-7,9-10,13-14H2,1H3,(H3,22,23);1H/t18-;/m0./s1. The number of nitrogens with zero attached hydrogens (tertiary/aromatic N) is 3. The smallest absolute Gasteiger partial charge is 0.341 e. The first kappa shape index (κ1) is 22.2. The second-order valence-corrected chi connectivity index (χ2v) is 7.45. The predicted octanol–water partition coefficient (Wildman–Crippen LogP) is 0.764. The van der Waals surface area contributed by atoms with E-state index in [1.165, 1.54) is 44.1 Å². The van der Waals surface area contributed by atoms with Crippen molar-refractivity contribution >= 4 is 5.96 Å². The monoisotopic (exact) mass is 405 g/mol. The van der Waals surface area contributed by atoms with Crippen LogP contribution in [-0.2, 0) is 6.42 Å². The van der Waals surface area contributed by atoms with E-state index >= 15 is 0 Å². The Hall–Kier alpha value is -2.08. The van der Waals surface area contributed by atoms with Crippen molar-refractivity contribution in [2.75, 3.05) is 6.54 Å². The highest BCUT2D eigenvalue weighted by atomic mass is 35.5. The van der Waals surface area contributed by atoms with Gasteiger partial charge in [-0.1, -0.05) is 62.4 Å². The van der Waals surface area contributed by atoms with Crippen LogP contribution in [0, 0.1) is 0 Å². The summed E-state index contributed by atoms with van der Waals surface area (Å²) in [5.41, 5.74) is 13.9. The molecule has 0 radical (unpaired) electrons. The third-order valence-corrected chi connectivity index (χ3v) is 5.32. The van der Waals surface area contributed by atoms with Gasteiger partial charge in [0.2, 0.25) is 5.82 Å². The molecule has 154 valence electrons. The van der Waals surface area contributed by atoms with Crippen LogP contribution in [-0.4, -0.2) is 27.2 Å². The predicted molar refractivity (Wildman–Crippen MR) is 107 cm³/mol. The lowest BCUT2D eigenvalue weighted by atomic mass is 10.0. The molecule has 1 saturated heterocycles. The first-order chi connectivity index (χ1) is 13.2. The maximum Gasteiger partial charge on any atom is 0.341 e. The van der Waals surface area contributed by atoms with Gasteiger partial charge in [-0.2, -0.15) is 4.98 Å². The van der Waals surface area contributed by atoms with Crippen LogP contribution in [0.4, 0.5) is 0 Å². The third kappa shape index (κ3) is 5.71. The SMILES string of the molecule is CCCCCCCCc1cccc(-c2noc([C@@H]3CCC[N+]3=C(N)N)n2)c1.[Cl-]. The van der Waals surface area contributed by atoms with E-state index in [0.717, 1.165) is 31.4 Å². The highest BCUT2D eigenvalue weighted by Crippen LogP contribution is 2.29. The molecular formula is C21H32ClN5O. The summed E-state index contributed by atoms with van der Waals surface area (Å²) < 4.78 is 7.47. The van der Waals surface area contributed by atoms with Crippen LogP contribution in [0.1, 0.15) is 75.8 Å². The average molecular weight is 406 g/mol. The summed E-state index contributed by atoms with van der Waals surface area (Å²) >= 11 is 0. The molecule has 0 aliphatic carbocycles. The number of benzene rings is 1. The van der Waals surface area contributed by atoms with Crippen LogP contribution in [0.15, 0.2) is 28.8 Å². The number of rotatable bonds is 9. The van der Waals surface area contributed by atoms with E-state index < -0.39 is 0 Å². The highest BCUT2D eigenvalue weighted by molar-refractivity contribution is 5.70. The molecule has 4 N–H and O–H groups in total. The van der Waals surface area contributed by atoms with Crippen LogP contribution in [0.5, 0.6) is 0 Å². The average Bonchev–Trinajstić information content (AvgIpc) is 3.34. The van der Waals surface area contributed by atoms with Gasteiger partial charge in [-0.25, -0.2) is 0 Å². The van der Waals surface area contributed by atoms with Crippen molar-refractivity contribution < 1.29 is 21.5 Å². The Morgan fingerprint density at radius 3 is 2.75 bits per heavy atom. The lowest BCUT2D eigenvalue weighted by molar-refractivity contribution is -0.555. The van der Waals surface area contributed by atoms with E-state index in [1.807, 2.05) is 10.6 Å². The van der Waals surface area contributed by atoms with Gasteiger partial charge >= 0.3 is 5.96 Å². The molecule has 6 nitrogen and oxygen atoms in total. The second kappa shape index (κ2) is 11.1. The molecular weight excluding hydrogens is 374 g/mol. The summed E-state index contributed by atoms with van der Waals surface area (Å²) in [7, 11) is 0. The van der Waals surface area contributed by atoms with Crippen molar-refractivity contribution in [2.45, 2.75) is 70.8 Å². The molecule has 7 heteroatoms. The zero-order valence-electron chi connectivity index (χ0n) is 16.7. The van der Waals surface area contributed by atoms with Gasteiger partial charge in [0.05, 0.1) is 6.54 Å². The quantitative estimate of drug-likeness (QED) is 0.365. The molecule has 0 saturated carbocycles. The maximum absolute atomic E-state index is 5.78. The van der Waals surface area contributed by atoms with Crippen molar-refractivity contribution in [3.05, 3.63) is 35.7 Å². The molecule has 1 atom stereocenters. The van der Waals surface area contributed by atoms with E-state index in [1.54, 1.807) is 0 Å². The summed E-state index contributed by atoms with van der Waals surface area (Å²) in [6, 6.07) is 8.46. The summed E-state index contributed by atoms with van der Waals surface area (Å²) in [6.07, 6.45) is 10.9. The largest absolute Gasteiger partial charge is 1.00 e. The lowest BCUT2D eigenvalue weighted by Gasteiger charge is -2.07. The molecule has 0 unspecified atom stereocenters. The fourth-order valence-corrected chi connectivity index (χ4v) is 3.80. The molecule has 0 bridgehead atoms. The van der Waals surface area contributed by atoms with Gasteiger partial charge in [0.1, 0.15) is 0 Å². The molecule has 1 aliphatic heterocycles. The first-order valence-corrected chi connectivity index (χ1v) is 10.3. The topological polar surface area (TPSA) is 94.0 Å². The lowest BCUT2D eigenvalue weighted by Crippen LogP contribution is -3.00. The Morgan fingerprint density at radius 1 is 1.18 bits per heavy atom. The minimum atomic E-state index is -0.0115. The van der Waals surface area contributed by atoms with Gasteiger partial charge < -0.3 is 16.9 Å². The molecule has 1 aromatic carbocycles. The fraction of sp³-hybridized carbons (Fsp3) is 0.571. The van der Waals surface area contributed by atoms with Gasteiger partial charge in [-0.15, -0.1) is 0 Å². The zero-order chi connectivity index (χ0) is 19.1. The van der Waals surface area contributed by atoms with E-state index in [-0.39, 0.29) is 18.4 Å². The number of hydrogen-bond donors (Lipinski definition) is 2. The minimum Gasteiger partial charge on any atom is -1.00 e. The molecule has 0 spiro atoms. The molecule has 2 heterocycles. The van der Waals surface area contributed by atoms with E-state index in [0.29, 0.717) is 17.7 Å². The summed E-state index contributed by atoms with van der Waals surface area (Å²) in [5.74, 6) is 1.55. The van der Waals surface area contributed by atoms with Crippen molar-refractivity contribution in [3.8, 4) is 11.4 Å². The fourth-order valence-electron chi connectivity index (χ4n) is 3.80. The van der Waals surface area contributed by atoms with Gasteiger partial charge in [0.15, 0.2) is 6.04 Å². The van der Waals surface area contributed by atoms with Crippen molar-refractivity contribution in [2.24, 2.45) is 11.5 Å². The number of aromatic nitrogens is 2. The molecule has 3 rings (SSSR count). The minimum absolute atomic E-state index is 0. The summed E-state index contributed by atoms with van der Waals surface area (Å²) in [5, 5.41) is 4.19. The second-order valence-electron chi connectivity index (χ2n) is 7.45. The van der Waals surface area contributed by atoms with Crippen LogP contribution in [0.3, 0.4) is 0 Å². The van der Waals surface area contributed by atoms with Crippen LogP contribution >= 0.6 is 0 Å². The Balaban J connectivity index is 0.00000280. The Kier molecular flexibility index (Phi) is 8.77. The Bertz CT molecular complexity index is 770. The van der Waals surface area contributed by atoms with E-state index in [9.17, 15) is 0 Å². The number of aryl methyl sites for hydroxylation is 1. The number of hydrogen-bond acceptors (Lipinski definition) is 3.